The van der Waals surface area contributed by atoms with Crippen molar-refractivity contribution in [1.82, 2.24) is 9.88 Å². The standard InChI is InChI=1S/C22H24N4O3S/c1-28-21-8-3-2-7-20(21)25-9-11-26(12-10-25)22(27)24-17-5-4-6-19(13-17)29-14-18-15-30-16-23-18/h2-8,13,15-16H,9-12,14H2,1H3,(H,24,27). The zero-order valence-electron chi connectivity index (χ0n) is 16.8. The first-order valence-electron chi connectivity index (χ1n) is 9.77. The fourth-order valence-corrected chi connectivity index (χ4v) is 3.92. The van der Waals surface area contributed by atoms with Gasteiger partial charge in [0.25, 0.3) is 0 Å². The Morgan fingerprint density at radius 1 is 1.13 bits per heavy atom. The van der Waals surface area contributed by atoms with Crippen molar-refractivity contribution in [2.45, 2.75) is 6.61 Å². The van der Waals surface area contributed by atoms with Crippen LogP contribution in [0.5, 0.6) is 11.5 Å². The molecule has 1 aromatic heterocycles. The lowest BCUT2D eigenvalue weighted by Crippen LogP contribution is -2.50. The fraction of sp³-hybridized carbons (Fsp3) is 0.273. The Morgan fingerprint density at radius 3 is 2.73 bits per heavy atom. The Hall–Kier alpha value is -3.26. The monoisotopic (exact) mass is 424 g/mol. The van der Waals surface area contributed by atoms with Gasteiger partial charge in [-0.25, -0.2) is 9.78 Å². The molecule has 0 saturated carbocycles. The molecule has 0 atom stereocenters. The number of hydrogen-bond donors (Lipinski definition) is 1. The quantitative estimate of drug-likeness (QED) is 0.646. The molecule has 0 spiro atoms. The summed E-state index contributed by atoms with van der Waals surface area (Å²) >= 11 is 1.54. The number of aromatic nitrogens is 1. The molecule has 0 unspecified atom stereocenters. The number of thiazole rings is 1. The maximum Gasteiger partial charge on any atom is 0.321 e. The van der Waals surface area contributed by atoms with Crippen LogP contribution in [0.2, 0.25) is 0 Å². The molecule has 30 heavy (non-hydrogen) atoms. The summed E-state index contributed by atoms with van der Waals surface area (Å²) in [5, 5.41) is 4.93. The summed E-state index contributed by atoms with van der Waals surface area (Å²) in [7, 11) is 1.68. The van der Waals surface area contributed by atoms with Crippen LogP contribution in [0.15, 0.2) is 59.4 Å². The number of methoxy groups -OCH3 is 1. The number of ether oxygens (including phenoxy) is 2. The number of urea groups is 1. The number of piperazine rings is 1. The Bertz CT molecular complexity index is 972. The van der Waals surface area contributed by atoms with E-state index in [-0.39, 0.29) is 6.03 Å². The van der Waals surface area contributed by atoms with E-state index in [9.17, 15) is 4.79 Å². The highest BCUT2D eigenvalue weighted by Crippen LogP contribution is 2.28. The predicted octanol–water partition coefficient (Wildman–Crippen LogP) is 4.08. The smallest absolute Gasteiger partial charge is 0.321 e. The highest BCUT2D eigenvalue weighted by Gasteiger charge is 2.23. The van der Waals surface area contributed by atoms with E-state index in [1.807, 2.05) is 58.8 Å². The molecule has 3 aromatic rings. The van der Waals surface area contributed by atoms with Crippen molar-refractivity contribution in [2.24, 2.45) is 0 Å². The van der Waals surface area contributed by atoms with Gasteiger partial charge in [0.15, 0.2) is 0 Å². The van der Waals surface area contributed by atoms with Crippen LogP contribution in [0.1, 0.15) is 5.69 Å². The molecule has 2 heterocycles. The second-order valence-corrected chi connectivity index (χ2v) is 7.59. The van der Waals surface area contributed by atoms with Crippen LogP contribution in [0.4, 0.5) is 16.2 Å². The van der Waals surface area contributed by atoms with Crippen molar-refractivity contribution in [2.75, 3.05) is 43.5 Å². The van der Waals surface area contributed by atoms with Gasteiger partial charge in [-0.05, 0) is 24.3 Å². The number of hydrogen-bond acceptors (Lipinski definition) is 6. The Balaban J connectivity index is 1.31. The van der Waals surface area contributed by atoms with Crippen molar-refractivity contribution < 1.29 is 14.3 Å². The van der Waals surface area contributed by atoms with E-state index in [0.717, 1.165) is 30.2 Å². The molecule has 1 N–H and O–H groups in total. The fourth-order valence-electron chi connectivity index (χ4n) is 3.37. The van der Waals surface area contributed by atoms with Gasteiger partial charge in [-0.3, -0.25) is 0 Å². The van der Waals surface area contributed by atoms with Crippen molar-refractivity contribution in [3.63, 3.8) is 0 Å². The van der Waals surface area contributed by atoms with Crippen molar-refractivity contribution in [1.29, 1.82) is 0 Å². The van der Waals surface area contributed by atoms with Crippen molar-refractivity contribution in [3.05, 3.63) is 65.1 Å². The Morgan fingerprint density at radius 2 is 1.97 bits per heavy atom. The molecule has 1 aliphatic rings. The molecule has 1 fully saturated rings. The second-order valence-electron chi connectivity index (χ2n) is 6.87. The third-order valence-corrected chi connectivity index (χ3v) is 5.58. The van der Waals surface area contributed by atoms with Crippen LogP contribution < -0.4 is 19.7 Å². The normalized spacial score (nSPS) is 13.8. The maximum atomic E-state index is 12.7. The van der Waals surface area contributed by atoms with E-state index in [1.54, 1.807) is 12.6 Å². The summed E-state index contributed by atoms with van der Waals surface area (Å²) < 4.78 is 11.2. The van der Waals surface area contributed by atoms with E-state index in [1.165, 1.54) is 11.3 Å². The Labute approximate surface area is 179 Å². The summed E-state index contributed by atoms with van der Waals surface area (Å²) in [5.41, 5.74) is 4.44. The van der Waals surface area contributed by atoms with Gasteiger partial charge < -0.3 is 24.6 Å². The third kappa shape index (κ3) is 4.83. The summed E-state index contributed by atoms with van der Waals surface area (Å²) in [6.45, 7) is 3.20. The topological polar surface area (TPSA) is 66.9 Å². The molecule has 1 aliphatic heterocycles. The number of rotatable bonds is 6. The van der Waals surface area contributed by atoms with E-state index in [4.69, 9.17) is 9.47 Å². The number of para-hydroxylation sites is 2. The lowest BCUT2D eigenvalue weighted by atomic mass is 10.2. The van der Waals surface area contributed by atoms with E-state index < -0.39 is 0 Å². The van der Waals surface area contributed by atoms with Gasteiger partial charge >= 0.3 is 6.03 Å². The average Bonchev–Trinajstić information content (AvgIpc) is 3.32. The van der Waals surface area contributed by atoms with Crippen molar-refractivity contribution in [3.8, 4) is 11.5 Å². The molecule has 8 heteroatoms. The molecule has 0 radical (unpaired) electrons. The van der Waals surface area contributed by atoms with Crippen LogP contribution in [0, 0.1) is 0 Å². The molecule has 156 valence electrons. The number of carbonyl (C=O) groups excluding carboxylic acids is 1. The van der Waals surface area contributed by atoms with E-state index >= 15 is 0 Å². The lowest BCUT2D eigenvalue weighted by molar-refractivity contribution is 0.208. The van der Waals surface area contributed by atoms with Crippen LogP contribution in [0.25, 0.3) is 0 Å². The number of benzene rings is 2. The SMILES string of the molecule is COc1ccccc1N1CCN(C(=O)Nc2cccc(OCc3cscn3)c2)CC1. The number of anilines is 2. The molecule has 0 aliphatic carbocycles. The molecule has 4 rings (SSSR count). The minimum Gasteiger partial charge on any atom is -0.495 e. The first kappa shape index (κ1) is 20.0. The summed E-state index contributed by atoms with van der Waals surface area (Å²) in [5.74, 6) is 1.55. The Kier molecular flexibility index (Phi) is 6.34. The van der Waals surface area contributed by atoms with Crippen LogP contribution in [-0.2, 0) is 6.61 Å². The highest BCUT2D eigenvalue weighted by atomic mass is 32.1. The van der Waals surface area contributed by atoms with Gasteiger partial charge in [0, 0.05) is 43.3 Å². The number of carbonyl (C=O) groups is 1. The molecular formula is C22H24N4O3S. The lowest BCUT2D eigenvalue weighted by Gasteiger charge is -2.36. The first-order valence-corrected chi connectivity index (χ1v) is 10.7. The molecule has 7 nitrogen and oxygen atoms in total. The summed E-state index contributed by atoms with van der Waals surface area (Å²) in [4.78, 5) is 21.0. The van der Waals surface area contributed by atoms with E-state index in [0.29, 0.717) is 31.1 Å². The predicted molar refractivity (Wildman–Crippen MR) is 119 cm³/mol. The van der Waals surface area contributed by atoms with Crippen LogP contribution >= 0.6 is 11.3 Å². The first-order chi connectivity index (χ1) is 14.7. The van der Waals surface area contributed by atoms with Gasteiger partial charge in [-0.1, -0.05) is 18.2 Å². The third-order valence-electron chi connectivity index (χ3n) is 4.95. The maximum absolute atomic E-state index is 12.7. The van der Waals surface area contributed by atoms with Crippen LogP contribution in [0.3, 0.4) is 0 Å². The van der Waals surface area contributed by atoms with E-state index in [2.05, 4.69) is 15.2 Å². The number of amides is 2. The molecule has 2 amide bonds. The van der Waals surface area contributed by atoms with Gasteiger partial charge in [-0.15, -0.1) is 11.3 Å². The molecule has 1 saturated heterocycles. The number of nitrogens with zero attached hydrogens (tertiary/aromatic N) is 3. The minimum absolute atomic E-state index is 0.105. The van der Waals surface area contributed by atoms with Gasteiger partial charge in [-0.2, -0.15) is 0 Å². The van der Waals surface area contributed by atoms with Crippen molar-refractivity contribution >= 4 is 28.7 Å². The van der Waals surface area contributed by atoms with Gasteiger partial charge in [0.1, 0.15) is 18.1 Å². The highest BCUT2D eigenvalue weighted by molar-refractivity contribution is 7.07. The summed E-state index contributed by atoms with van der Waals surface area (Å²) in [6, 6.07) is 15.3. The van der Waals surface area contributed by atoms with Crippen LogP contribution in [-0.4, -0.2) is 49.2 Å². The van der Waals surface area contributed by atoms with Gasteiger partial charge in [0.05, 0.1) is 24.0 Å². The van der Waals surface area contributed by atoms with Gasteiger partial charge in [0.2, 0.25) is 0 Å². The molecule has 2 aromatic carbocycles. The molecular weight excluding hydrogens is 400 g/mol. The zero-order chi connectivity index (χ0) is 20.8. The second kappa shape index (κ2) is 9.49. The minimum atomic E-state index is -0.105. The number of nitrogens with one attached hydrogen (secondary N) is 1. The average molecular weight is 425 g/mol. The summed E-state index contributed by atoms with van der Waals surface area (Å²) in [6.07, 6.45) is 0. The largest absolute Gasteiger partial charge is 0.495 e. The molecule has 0 bridgehead atoms. The zero-order valence-corrected chi connectivity index (χ0v) is 17.6.